The monoisotopic (exact) mass is 554 g/mol. The predicted octanol–water partition coefficient (Wildman–Crippen LogP) is 4.97. The first kappa shape index (κ1) is 34.6. The van der Waals surface area contributed by atoms with Gasteiger partial charge in [-0.3, -0.25) is 0 Å². The standard InChI is InChI=1S/2C14H14O4.CH2O3/c2*1-3-9-17-13(15)11-7-5-6-8-12(11)14(16)18-10-4-2;2-1(3)4/h2*3-8H,1-2,9-10H2;(H2,2,3,4). The van der Waals surface area contributed by atoms with Crippen LogP contribution in [0.25, 0.3) is 0 Å². The number of ether oxygens (including phenoxy) is 4. The quantitative estimate of drug-likeness (QED) is 0.207. The van der Waals surface area contributed by atoms with Crippen LogP contribution in [-0.2, 0) is 18.9 Å². The first-order valence-corrected chi connectivity index (χ1v) is 11.4. The third-order valence-corrected chi connectivity index (χ3v) is 4.06. The second kappa shape index (κ2) is 20.6. The maximum atomic E-state index is 11.7. The number of carbonyl (C=O) groups is 5. The smallest absolute Gasteiger partial charge is 0.458 e. The zero-order valence-corrected chi connectivity index (χ0v) is 21.7. The highest BCUT2D eigenvalue weighted by atomic mass is 16.6. The van der Waals surface area contributed by atoms with Crippen LogP contribution in [0.4, 0.5) is 4.79 Å². The van der Waals surface area contributed by atoms with Crippen LogP contribution in [0.1, 0.15) is 41.4 Å². The fourth-order valence-electron chi connectivity index (χ4n) is 2.53. The Morgan fingerprint density at radius 2 is 0.675 bits per heavy atom. The Kier molecular flexibility index (Phi) is 17.8. The second-order valence-electron chi connectivity index (χ2n) is 6.92. The van der Waals surface area contributed by atoms with Crippen molar-refractivity contribution < 1.29 is 53.1 Å². The molecule has 2 N–H and O–H groups in total. The van der Waals surface area contributed by atoms with Crippen molar-refractivity contribution in [3.8, 4) is 0 Å². The number of hydrogen-bond donors (Lipinski definition) is 2. The fraction of sp³-hybridized carbons (Fsp3) is 0.138. The van der Waals surface area contributed by atoms with Crippen LogP contribution >= 0.6 is 0 Å². The Balaban J connectivity index is 0.000000671. The molecule has 212 valence electrons. The van der Waals surface area contributed by atoms with Gasteiger partial charge in [-0.2, -0.15) is 0 Å². The van der Waals surface area contributed by atoms with E-state index in [9.17, 15) is 19.2 Å². The van der Waals surface area contributed by atoms with Crippen LogP contribution in [0.2, 0.25) is 0 Å². The van der Waals surface area contributed by atoms with Crippen molar-refractivity contribution in [2.45, 2.75) is 0 Å². The molecule has 0 fully saturated rings. The Labute approximate surface area is 231 Å². The number of carbonyl (C=O) groups excluding carboxylic acids is 4. The van der Waals surface area contributed by atoms with Crippen molar-refractivity contribution in [2.24, 2.45) is 0 Å². The zero-order chi connectivity index (χ0) is 30.3. The zero-order valence-electron chi connectivity index (χ0n) is 21.7. The van der Waals surface area contributed by atoms with Crippen molar-refractivity contribution in [1.29, 1.82) is 0 Å². The van der Waals surface area contributed by atoms with Crippen LogP contribution in [0.3, 0.4) is 0 Å². The van der Waals surface area contributed by atoms with Gasteiger partial charge in [-0.15, -0.1) is 0 Å². The summed E-state index contributed by atoms with van der Waals surface area (Å²) in [5.74, 6) is -2.33. The normalized spacial score (nSPS) is 9.00. The molecule has 0 aromatic heterocycles. The van der Waals surface area contributed by atoms with Gasteiger partial charge in [0.25, 0.3) is 0 Å². The van der Waals surface area contributed by atoms with Crippen molar-refractivity contribution in [3.63, 3.8) is 0 Å². The van der Waals surface area contributed by atoms with E-state index in [2.05, 4.69) is 26.3 Å². The van der Waals surface area contributed by atoms with Gasteiger partial charge in [0.1, 0.15) is 26.4 Å². The molecule has 0 bridgehead atoms. The minimum absolute atomic E-state index is 0.0921. The van der Waals surface area contributed by atoms with E-state index >= 15 is 0 Å². The Morgan fingerprint density at radius 3 is 0.825 bits per heavy atom. The van der Waals surface area contributed by atoms with Gasteiger partial charge < -0.3 is 29.2 Å². The molecular formula is C29H30O11. The molecule has 2 aromatic carbocycles. The molecule has 0 atom stereocenters. The lowest BCUT2D eigenvalue weighted by atomic mass is 10.1. The lowest BCUT2D eigenvalue weighted by Gasteiger charge is -2.07. The third-order valence-electron chi connectivity index (χ3n) is 4.06. The summed E-state index contributed by atoms with van der Waals surface area (Å²) in [5, 5.41) is 13.9. The van der Waals surface area contributed by atoms with Gasteiger partial charge in [-0.05, 0) is 24.3 Å². The third kappa shape index (κ3) is 13.7. The summed E-state index contributed by atoms with van der Waals surface area (Å²) in [6.07, 6.45) is 3.99. The number of hydrogen-bond acceptors (Lipinski definition) is 9. The highest BCUT2D eigenvalue weighted by Crippen LogP contribution is 2.13. The van der Waals surface area contributed by atoms with Crippen molar-refractivity contribution in [3.05, 3.63) is 121 Å². The van der Waals surface area contributed by atoms with E-state index in [0.29, 0.717) is 0 Å². The molecule has 0 spiro atoms. The van der Waals surface area contributed by atoms with Gasteiger partial charge in [0.05, 0.1) is 22.3 Å². The van der Waals surface area contributed by atoms with Crippen molar-refractivity contribution in [2.75, 3.05) is 26.4 Å². The van der Waals surface area contributed by atoms with Crippen LogP contribution in [0.5, 0.6) is 0 Å². The lowest BCUT2D eigenvalue weighted by molar-refractivity contribution is 0.0503. The summed E-state index contributed by atoms with van der Waals surface area (Å²) in [6, 6.07) is 12.6. The van der Waals surface area contributed by atoms with E-state index in [-0.39, 0.29) is 48.7 Å². The van der Waals surface area contributed by atoms with Crippen LogP contribution in [-0.4, -0.2) is 66.7 Å². The van der Waals surface area contributed by atoms with Crippen LogP contribution < -0.4 is 0 Å². The molecule has 0 saturated carbocycles. The van der Waals surface area contributed by atoms with E-state index in [0.717, 1.165) is 0 Å². The first-order chi connectivity index (χ1) is 19.1. The van der Waals surface area contributed by atoms with E-state index in [1.165, 1.54) is 48.6 Å². The molecule has 0 aliphatic heterocycles. The minimum atomic E-state index is -1.83. The number of rotatable bonds is 12. The summed E-state index contributed by atoms with van der Waals surface area (Å²) >= 11 is 0. The molecular weight excluding hydrogens is 524 g/mol. The molecule has 0 aliphatic rings. The number of esters is 4. The summed E-state index contributed by atoms with van der Waals surface area (Å²) in [7, 11) is 0. The SMILES string of the molecule is C=CCOC(=O)c1ccccc1C(=O)OCC=C.C=CCOC(=O)c1ccccc1C(=O)OCC=C.O=C(O)O. The summed E-state index contributed by atoms with van der Waals surface area (Å²) in [6.45, 7) is 14.1. The van der Waals surface area contributed by atoms with Gasteiger partial charge in [0.2, 0.25) is 0 Å². The molecule has 0 saturated heterocycles. The maximum Gasteiger partial charge on any atom is 0.503 e. The lowest BCUT2D eigenvalue weighted by Crippen LogP contribution is -2.14. The van der Waals surface area contributed by atoms with Gasteiger partial charge >= 0.3 is 30.0 Å². The Morgan fingerprint density at radius 1 is 0.500 bits per heavy atom. The van der Waals surface area contributed by atoms with Crippen LogP contribution in [0.15, 0.2) is 99.2 Å². The predicted molar refractivity (Wildman–Crippen MR) is 145 cm³/mol. The molecule has 0 heterocycles. The highest BCUT2D eigenvalue weighted by molar-refractivity contribution is 6.03. The topological polar surface area (TPSA) is 163 Å². The maximum absolute atomic E-state index is 11.7. The minimum Gasteiger partial charge on any atom is -0.458 e. The van der Waals surface area contributed by atoms with Gasteiger partial charge in [0, 0.05) is 0 Å². The molecule has 40 heavy (non-hydrogen) atoms. The van der Waals surface area contributed by atoms with Crippen molar-refractivity contribution >= 4 is 30.0 Å². The molecule has 0 unspecified atom stereocenters. The summed E-state index contributed by atoms with van der Waals surface area (Å²) in [5.41, 5.74) is 0.698. The fourth-order valence-corrected chi connectivity index (χ4v) is 2.53. The molecule has 0 aliphatic carbocycles. The van der Waals surface area contributed by atoms with E-state index in [4.69, 9.17) is 34.0 Å². The largest absolute Gasteiger partial charge is 0.503 e. The molecule has 11 heteroatoms. The number of benzene rings is 2. The summed E-state index contributed by atoms with van der Waals surface area (Å²) < 4.78 is 19.6. The van der Waals surface area contributed by atoms with E-state index in [1.54, 1.807) is 24.3 Å². The molecule has 11 nitrogen and oxygen atoms in total. The summed E-state index contributed by atoms with van der Waals surface area (Å²) in [4.78, 5) is 55.4. The highest BCUT2D eigenvalue weighted by Gasteiger charge is 2.19. The van der Waals surface area contributed by atoms with Crippen LogP contribution in [0, 0.1) is 0 Å². The van der Waals surface area contributed by atoms with E-state index in [1.807, 2.05) is 0 Å². The molecule has 2 aromatic rings. The molecule has 2 rings (SSSR count). The molecule has 0 amide bonds. The average Bonchev–Trinajstić information content (AvgIpc) is 2.96. The Bertz CT molecular complexity index is 1020. The van der Waals surface area contributed by atoms with Gasteiger partial charge in [-0.1, -0.05) is 74.9 Å². The molecule has 0 radical (unpaired) electrons. The van der Waals surface area contributed by atoms with Gasteiger partial charge in [0.15, 0.2) is 0 Å². The first-order valence-electron chi connectivity index (χ1n) is 11.4. The van der Waals surface area contributed by atoms with Crippen molar-refractivity contribution in [1.82, 2.24) is 0 Å². The van der Waals surface area contributed by atoms with Gasteiger partial charge in [-0.25, -0.2) is 24.0 Å². The Hall–Kier alpha value is -5.45. The average molecular weight is 555 g/mol. The number of carboxylic acid groups (broad SMARTS) is 2. The second-order valence-corrected chi connectivity index (χ2v) is 6.92. The van der Waals surface area contributed by atoms with E-state index < -0.39 is 30.0 Å².